The van der Waals surface area contributed by atoms with Gasteiger partial charge in [0.25, 0.3) is 5.91 Å². The smallest absolute Gasteiger partial charge is 0.253 e. The number of halogens is 2. The second kappa shape index (κ2) is 8.52. The Kier molecular flexibility index (Phi) is 5.65. The summed E-state index contributed by atoms with van der Waals surface area (Å²) < 4.78 is 26.6. The highest BCUT2D eigenvalue weighted by atomic mass is 19.1. The fourth-order valence-corrected chi connectivity index (χ4v) is 3.86. The van der Waals surface area contributed by atoms with Gasteiger partial charge in [-0.1, -0.05) is 18.2 Å². The first-order valence-corrected chi connectivity index (χ1v) is 9.83. The number of nitrogens with zero attached hydrogens (tertiary/aromatic N) is 2. The lowest BCUT2D eigenvalue weighted by molar-refractivity contribution is 0.0706. The number of benzene rings is 2. The number of likely N-dealkylation sites (tertiary alicyclic amines) is 1. The van der Waals surface area contributed by atoms with Gasteiger partial charge in [-0.2, -0.15) is 0 Å². The highest BCUT2D eigenvalue weighted by Gasteiger charge is 2.26. The summed E-state index contributed by atoms with van der Waals surface area (Å²) in [6.45, 7) is 1.28. The van der Waals surface area contributed by atoms with E-state index in [-0.39, 0.29) is 23.5 Å². The summed E-state index contributed by atoms with van der Waals surface area (Å²) in [5.74, 6) is -0.524. The van der Waals surface area contributed by atoms with E-state index in [0.29, 0.717) is 25.1 Å². The molecule has 0 bridgehead atoms. The zero-order chi connectivity index (χ0) is 20.2. The Bertz CT molecular complexity index is 1000. The van der Waals surface area contributed by atoms with Crippen LogP contribution in [0, 0.1) is 11.6 Å². The van der Waals surface area contributed by atoms with Crippen molar-refractivity contribution in [2.75, 3.05) is 13.1 Å². The third-order valence-electron chi connectivity index (χ3n) is 5.32. The zero-order valence-corrected chi connectivity index (χ0v) is 16.0. The van der Waals surface area contributed by atoms with Gasteiger partial charge in [-0.05, 0) is 66.9 Å². The van der Waals surface area contributed by atoms with Crippen LogP contribution in [0.1, 0.15) is 46.1 Å². The van der Waals surface area contributed by atoms with Crippen molar-refractivity contribution in [3.05, 3.63) is 101 Å². The molecule has 0 N–H and O–H groups in total. The number of amides is 1. The first kappa shape index (κ1) is 19.2. The number of carbonyl (C=O) groups excluding carboxylic acids is 1. The van der Waals surface area contributed by atoms with Crippen LogP contribution in [0.4, 0.5) is 8.78 Å². The molecule has 2 heterocycles. The minimum Gasteiger partial charge on any atom is -0.338 e. The normalized spacial score (nSPS) is 16.6. The summed E-state index contributed by atoms with van der Waals surface area (Å²) in [6.07, 6.45) is 2.42. The number of pyridine rings is 1. The zero-order valence-electron chi connectivity index (χ0n) is 16.0. The number of piperidine rings is 1. The summed E-state index contributed by atoms with van der Waals surface area (Å²) in [5, 5.41) is 0. The summed E-state index contributed by atoms with van der Waals surface area (Å²) in [4.78, 5) is 19.4. The predicted molar refractivity (Wildman–Crippen MR) is 108 cm³/mol. The van der Waals surface area contributed by atoms with Crippen molar-refractivity contribution >= 4 is 5.91 Å². The molecule has 1 atom stereocenters. The van der Waals surface area contributed by atoms with Crippen molar-refractivity contribution in [1.82, 2.24) is 9.88 Å². The molecule has 2 aromatic carbocycles. The van der Waals surface area contributed by atoms with Crippen molar-refractivity contribution in [3.8, 4) is 0 Å². The lowest BCUT2D eigenvalue weighted by atomic mass is 9.93. The van der Waals surface area contributed by atoms with Crippen LogP contribution in [0.3, 0.4) is 0 Å². The van der Waals surface area contributed by atoms with Gasteiger partial charge in [0.15, 0.2) is 0 Å². The van der Waals surface area contributed by atoms with Crippen molar-refractivity contribution in [1.29, 1.82) is 0 Å². The van der Waals surface area contributed by atoms with Gasteiger partial charge in [0.1, 0.15) is 11.6 Å². The standard InChI is InChI=1S/C24H22F2N2O/c25-20-11-9-18(10-12-20)24(29)28-13-3-5-19(16-28)23-8-2-7-22(27-23)15-17-4-1-6-21(26)14-17/h1-2,4,6-12,14,19H,3,5,13,15-16H2/t19-/m1/s1. The van der Waals surface area contributed by atoms with Crippen LogP contribution in [0.5, 0.6) is 0 Å². The highest BCUT2D eigenvalue weighted by Crippen LogP contribution is 2.27. The van der Waals surface area contributed by atoms with Crippen LogP contribution in [-0.2, 0) is 6.42 Å². The average Bonchev–Trinajstić information content (AvgIpc) is 2.74. The largest absolute Gasteiger partial charge is 0.338 e. The van der Waals surface area contributed by atoms with E-state index in [9.17, 15) is 13.6 Å². The molecular weight excluding hydrogens is 370 g/mol. The van der Waals surface area contributed by atoms with Crippen LogP contribution in [0.2, 0.25) is 0 Å². The predicted octanol–water partition coefficient (Wildman–Crippen LogP) is 4.97. The lowest BCUT2D eigenvalue weighted by Gasteiger charge is -2.32. The molecule has 3 nitrogen and oxygen atoms in total. The highest BCUT2D eigenvalue weighted by molar-refractivity contribution is 5.94. The third kappa shape index (κ3) is 4.67. The molecule has 1 fully saturated rings. The molecule has 0 spiro atoms. The molecule has 0 radical (unpaired) electrons. The monoisotopic (exact) mass is 392 g/mol. The summed E-state index contributed by atoms with van der Waals surface area (Å²) in [6, 6.07) is 18.1. The number of hydrogen-bond donors (Lipinski definition) is 0. The molecule has 1 aromatic heterocycles. The topological polar surface area (TPSA) is 33.2 Å². The summed E-state index contributed by atoms with van der Waals surface area (Å²) in [5.41, 5.74) is 3.22. The molecule has 29 heavy (non-hydrogen) atoms. The minimum absolute atomic E-state index is 0.0781. The van der Waals surface area contributed by atoms with Crippen LogP contribution < -0.4 is 0 Å². The van der Waals surface area contributed by atoms with Crippen LogP contribution >= 0.6 is 0 Å². The Morgan fingerprint density at radius 3 is 2.59 bits per heavy atom. The molecule has 3 aromatic rings. The molecule has 0 aliphatic carbocycles. The van der Waals surface area contributed by atoms with Gasteiger partial charge in [0, 0.05) is 42.4 Å². The molecule has 1 amide bonds. The van der Waals surface area contributed by atoms with Crippen LogP contribution in [0.25, 0.3) is 0 Å². The molecule has 0 unspecified atom stereocenters. The molecule has 1 aliphatic heterocycles. The molecule has 1 aliphatic rings. The number of hydrogen-bond acceptors (Lipinski definition) is 2. The van der Waals surface area contributed by atoms with Gasteiger partial charge in [-0.3, -0.25) is 9.78 Å². The summed E-state index contributed by atoms with van der Waals surface area (Å²) in [7, 11) is 0. The van der Waals surface area contributed by atoms with Gasteiger partial charge >= 0.3 is 0 Å². The van der Waals surface area contributed by atoms with Crippen molar-refractivity contribution in [3.63, 3.8) is 0 Å². The van der Waals surface area contributed by atoms with E-state index in [1.165, 1.54) is 36.4 Å². The first-order chi connectivity index (χ1) is 14.1. The fourth-order valence-electron chi connectivity index (χ4n) is 3.86. The summed E-state index contributed by atoms with van der Waals surface area (Å²) >= 11 is 0. The third-order valence-corrected chi connectivity index (χ3v) is 5.32. The SMILES string of the molecule is O=C(c1ccc(F)cc1)N1CCC[C@@H](c2cccc(Cc3cccc(F)c3)n2)C1. The molecule has 4 rings (SSSR count). The van der Waals surface area contributed by atoms with Gasteiger partial charge in [-0.25, -0.2) is 8.78 Å². The molecule has 148 valence electrons. The molecular formula is C24H22F2N2O. The minimum atomic E-state index is -0.350. The van der Waals surface area contributed by atoms with Crippen LogP contribution in [0.15, 0.2) is 66.7 Å². The fraction of sp³-hybridized carbons (Fsp3) is 0.250. The number of rotatable bonds is 4. The van der Waals surface area contributed by atoms with Crippen LogP contribution in [-0.4, -0.2) is 28.9 Å². The van der Waals surface area contributed by atoms with E-state index in [4.69, 9.17) is 4.98 Å². The Labute approximate surface area is 169 Å². The van der Waals surface area contributed by atoms with E-state index in [2.05, 4.69) is 0 Å². The van der Waals surface area contributed by atoms with Gasteiger partial charge in [0.2, 0.25) is 0 Å². The van der Waals surface area contributed by atoms with Crippen molar-refractivity contribution in [2.24, 2.45) is 0 Å². The second-order valence-electron chi connectivity index (χ2n) is 7.46. The van der Waals surface area contributed by atoms with E-state index in [1.54, 1.807) is 6.07 Å². The van der Waals surface area contributed by atoms with E-state index in [0.717, 1.165) is 29.8 Å². The second-order valence-corrected chi connectivity index (χ2v) is 7.46. The lowest BCUT2D eigenvalue weighted by Crippen LogP contribution is -2.39. The Hall–Kier alpha value is -3.08. The maximum Gasteiger partial charge on any atom is 0.253 e. The first-order valence-electron chi connectivity index (χ1n) is 9.83. The average molecular weight is 392 g/mol. The Morgan fingerprint density at radius 1 is 1.00 bits per heavy atom. The van der Waals surface area contributed by atoms with E-state index >= 15 is 0 Å². The number of aromatic nitrogens is 1. The van der Waals surface area contributed by atoms with Crippen molar-refractivity contribution in [2.45, 2.75) is 25.2 Å². The maximum absolute atomic E-state index is 13.4. The van der Waals surface area contributed by atoms with Gasteiger partial charge < -0.3 is 4.90 Å². The molecule has 0 saturated carbocycles. The van der Waals surface area contributed by atoms with Crippen molar-refractivity contribution < 1.29 is 13.6 Å². The number of carbonyl (C=O) groups is 1. The van der Waals surface area contributed by atoms with Gasteiger partial charge in [-0.15, -0.1) is 0 Å². The van der Waals surface area contributed by atoms with Gasteiger partial charge in [0.05, 0.1) is 0 Å². The van der Waals surface area contributed by atoms with E-state index < -0.39 is 0 Å². The molecule has 1 saturated heterocycles. The Morgan fingerprint density at radius 2 is 1.79 bits per heavy atom. The quantitative estimate of drug-likeness (QED) is 0.628. The Balaban J connectivity index is 1.48. The van der Waals surface area contributed by atoms with E-state index in [1.807, 2.05) is 29.2 Å². The maximum atomic E-state index is 13.4. The molecule has 5 heteroatoms.